The van der Waals surface area contributed by atoms with Crippen molar-refractivity contribution in [2.75, 3.05) is 12.0 Å². The number of aromatic nitrogens is 2. The van der Waals surface area contributed by atoms with Gasteiger partial charge in [-0.3, -0.25) is 0 Å². The van der Waals surface area contributed by atoms with E-state index in [9.17, 15) is 0 Å². The third-order valence-corrected chi connectivity index (χ3v) is 4.99. The molecule has 1 fully saturated rings. The number of anilines is 2. The predicted octanol–water partition coefficient (Wildman–Crippen LogP) is 5.37. The Morgan fingerprint density at radius 3 is 2.44 bits per heavy atom. The number of fused-ring (bicyclic) bond motifs is 1. The molecule has 0 unspecified atom stereocenters. The highest BCUT2D eigenvalue weighted by Gasteiger charge is 2.27. The molecule has 2 aromatic carbocycles. The van der Waals surface area contributed by atoms with Gasteiger partial charge in [0.05, 0.1) is 12.6 Å². The Kier molecular flexibility index (Phi) is 4.45. The predicted molar refractivity (Wildman–Crippen MR) is 102 cm³/mol. The molecule has 5 heteroatoms. The van der Waals surface area contributed by atoms with Crippen LogP contribution in [0.1, 0.15) is 25.7 Å². The largest absolute Gasteiger partial charge is 0.497 e. The monoisotopic (exact) mass is 353 g/mol. The summed E-state index contributed by atoms with van der Waals surface area (Å²) in [4.78, 5) is 11.3. The molecular formula is C20H20ClN3O. The van der Waals surface area contributed by atoms with E-state index < -0.39 is 0 Å². The lowest BCUT2D eigenvalue weighted by Gasteiger charge is -2.31. The van der Waals surface area contributed by atoms with Crippen LogP contribution in [0.5, 0.6) is 5.75 Å². The standard InChI is InChI=1S/C20H20ClN3O/c1-25-16-12-10-15(11-13-16)24(14-6-2-3-7-14)19-17-8-4-5-9-18(17)22-20(21)23-19/h4-5,8-14H,2-3,6-7H2,1H3. The SMILES string of the molecule is COc1ccc(N(c2nc(Cl)nc3ccccc23)C2CCCC2)cc1. The second-order valence-electron chi connectivity index (χ2n) is 6.34. The first kappa shape index (κ1) is 16.2. The van der Waals surface area contributed by atoms with E-state index >= 15 is 0 Å². The Hall–Kier alpha value is -2.33. The van der Waals surface area contributed by atoms with Gasteiger partial charge in [-0.05, 0) is 60.8 Å². The molecule has 0 atom stereocenters. The van der Waals surface area contributed by atoms with Gasteiger partial charge in [0, 0.05) is 17.1 Å². The zero-order valence-corrected chi connectivity index (χ0v) is 14.9. The molecule has 3 aromatic rings. The molecule has 4 rings (SSSR count). The summed E-state index contributed by atoms with van der Waals surface area (Å²) < 4.78 is 5.30. The first-order chi connectivity index (χ1) is 12.3. The Balaban J connectivity index is 1.88. The summed E-state index contributed by atoms with van der Waals surface area (Å²) in [6.07, 6.45) is 4.80. The molecule has 1 aliphatic rings. The highest BCUT2D eigenvalue weighted by Crippen LogP contribution is 2.38. The second kappa shape index (κ2) is 6.89. The summed E-state index contributed by atoms with van der Waals surface area (Å²) in [6, 6.07) is 16.6. The molecule has 1 aliphatic carbocycles. The zero-order chi connectivity index (χ0) is 17.2. The number of halogens is 1. The number of para-hydroxylation sites is 1. The highest BCUT2D eigenvalue weighted by molar-refractivity contribution is 6.28. The van der Waals surface area contributed by atoms with Crippen molar-refractivity contribution < 1.29 is 4.74 Å². The van der Waals surface area contributed by atoms with Crippen molar-refractivity contribution in [3.05, 3.63) is 53.8 Å². The van der Waals surface area contributed by atoms with E-state index in [4.69, 9.17) is 16.3 Å². The van der Waals surface area contributed by atoms with E-state index in [1.54, 1.807) is 7.11 Å². The van der Waals surface area contributed by atoms with E-state index in [-0.39, 0.29) is 5.28 Å². The minimum absolute atomic E-state index is 0.283. The minimum Gasteiger partial charge on any atom is -0.497 e. The molecule has 0 N–H and O–H groups in total. The number of rotatable bonds is 4. The van der Waals surface area contributed by atoms with Crippen LogP contribution in [0.4, 0.5) is 11.5 Å². The molecule has 0 aliphatic heterocycles. The lowest BCUT2D eigenvalue weighted by Crippen LogP contribution is -2.29. The van der Waals surface area contributed by atoms with Gasteiger partial charge in [0.1, 0.15) is 11.6 Å². The summed E-state index contributed by atoms with van der Waals surface area (Å²) in [7, 11) is 1.68. The van der Waals surface area contributed by atoms with Gasteiger partial charge in [-0.15, -0.1) is 0 Å². The van der Waals surface area contributed by atoms with Crippen LogP contribution in [0.15, 0.2) is 48.5 Å². The molecule has 25 heavy (non-hydrogen) atoms. The summed E-state index contributed by atoms with van der Waals surface area (Å²) in [5.41, 5.74) is 1.97. The topological polar surface area (TPSA) is 38.2 Å². The van der Waals surface area contributed by atoms with Crippen LogP contribution in [0.3, 0.4) is 0 Å². The van der Waals surface area contributed by atoms with Crippen LogP contribution < -0.4 is 9.64 Å². The van der Waals surface area contributed by atoms with Crippen molar-refractivity contribution in [2.24, 2.45) is 0 Å². The number of nitrogens with zero attached hydrogens (tertiary/aromatic N) is 3. The number of hydrogen-bond acceptors (Lipinski definition) is 4. The lowest BCUT2D eigenvalue weighted by atomic mass is 10.1. The van der Waals surface area contributed by atoms with Crippen LogP contribution in [-0.2, 0) is 0 Å². The maximum Gasteiger partial charge on any atom is 0.224 e. The van der Waals surface area contributed by atoms with Gasteiger partial charge < -0.3 is 9.64 Å². The second-order valence-corrected chi connectivity index (χ2v) is 6.68. The molecular weight excluding hydrogens is 334 g/mol. The number of hydrogen-bond donors (Lipinski definition) is 0. The lowest BCUT2D eigenvalue weighted by molar-refractivity contribution is 0.415. The Labute approximate surface area is 152 Å². The maximum absolute atomic E-state index is 6.24. The summed E-state index contributed by atoms with van der Waals surface area (Å²) in [5.74, 6) is 1.73. The molecule has 1 heterocycles. The van der Waals surface area contributed by atoms with Crippen molar-refractivity contribution in [2.45, 2.75) is 31.7 Å². The molecule has 1 saturated carbocycles. The van der Waals surface area contributed by atoms with E-state index in [0.29, 0.717) is 6.04 Å². The van der Waals surface area contributed by atoms with Crippen molar-refractivity contribution in [1.82, 2.24) is 9.97 Å². The van der Waals surface area contributed by atoms with Gasteiger partial charge in [-0.25, -0.2) is 4.98 Å². The average molecular weight is 354 g/mol. The molecule has 0 amide bonds. The Bertz CT molecular complexity index is 876. The molecule has 128 valence electrons. The van der Waals surface area contributed by atoms with E-state index in [0.717, 1.165) is 41.0 Å². The normalized spacial score (nSPS) is 14.8. The number of ether oxygens (including phenoxy) is 1. The van der Waals surface area contributed by atoms with Gasteiger partial charge in [-0.2, -0.15) is 4.98 Å². The Morgan fingerprint density at radius 2 is 1.72 bits per heavy atom. The van der Waals surface area contributed by atoms with Gasteiger partial charge in [-0.1, -0.05) is 25.0 Å². The molecule has 1 aromatic heterocycles. The van der Waals surface area contributed by atoms with Crippen LogP contribution in [0.25, 0.3) is 10.9 Å². The van der Waals surface area contributed by atoms with Crippen molar-refractivity contribution in [3.63, 3.8) is 0 Å². The van der Waals surface area contributed by atoms with Crippen LogP contribution in [0, 0.1) is 0 Å². The highest BCUT2D eigenvalue weighted by atomic mass is 35.5. The third-order valence-electron chi connectivity index (χ3n) is 4.82. The van der Waals surface area contributed by atoms with Crippen LogP contribution >= 0.6 is 11.6 Å². The average Bonchev–Trinajstić information content (AvgIpc) is 3.16. The van der Waals surface area contributed by atoms with E-state index in [1.165, 1.54) is 12.8 Å². The van der Waals surface area contributed by atoms with Crippen molar-refractivity contribution in [3.8, 4) is 5.75 Å². The van der Waals surface area contributed by atoms with Gasteiger partial charge in [0.2, 0.25) is 5.28 Å². The molecule has 0 saturated heterocycles. The zero-order valence-electron chi connectivity index (χ0n) is 14.2. The quantitative estimate of drug-likeness (QED) is 0.591. The molecule has 0 spiro atoms. The fourth-order valence-electron chi connectivity index (χ4n) is 3.63. The van der Waals surface area contributed by atoms with Crippen LogP contribution in [-0.4, -0.2) is 23.1 Å². The van der Waals surface area contributed by atoms with Crippen LogP contribution in [0.2, 0.25) is 5.28 Å². The summed E-state index contributed by atoms with van der Waals surface area (Å²) in [5, 5.41) is 1.31. The van der Waals surface area contributed by atoms with Gasteiger partial charge >= 0.3 is 0 Å². The van der Waals surface area contributed by atoms with Gasteiger partial charge in [0.15, 0.2) is 0 Å². The summed E-state index contributed by atoms with van der Waals surface area (Å²) >= 11 is 6.24. The van der Waals surface area contributed by atoms with Crippen molar-refractivity contribution >= 4 is 34.0 Å². The van der Waals surface area contributed by atoms with Crippen molar-refractivity contribution in [1.29, 1.82) is 0 Å². The molecule has 0 radical (unpaired) electrons. The summed E-state index contributed by atoms with van der Waals surface area (Å²) in [6.45, 7) is 0. The molecule has 4 nitrogen and oxygen atoms in total. The van der Waals surface area contributed by atoms with E-state index in [1.807, 2.05) is 30.3 Å². The number of benzene rings is 2. The fourth-order valence-corrected chi connectivity index (χ4v) is 3.80. The fraction of sp³-hybridized carbons (Fsp3) is 0.300. The third kappa shape index (κ3) is 3.14. The van der Waals surface area contributed by atoms with E-state index in [2.05, 4.69) is 33.1 Å². The first-order valence-corrected chi connectivity index (χ1v) is 8.99. The Morgan fingerprint density at radius 1 is 1.00 bits per heavy atom. The minimum atomic E-state index is 0.283. The first-order valence-electron chi connectivity index (χ1n) is 8.62. The molecule has 0 bridgehead atoms. The number of methoxy groups -OCH3 is 1. The van der Waals surface area contributed by atoms with Gasteiger partial charge in [0.25, 0.3) is 0 Å². The maximum atomic E-state index is 6.24. The smallest absolute Gasteiger partial charge is 0.224 e.